The molecule has 3 aromatic heterocycles. The SMILES string of the molecule is Cc1nc(C)c(-c2ccc(=O)n(CCNC(=O)c3csc(-c4ccccc4)n3)n2)s1. The molecule has 0 aliphatic rings. The average Bonchev–Trinajstić information content (AvgIpc) is 3.36. The van der Waals surface area contributed by atoms with Gasteiger partial charge in [0.1, 0.15) is 16.4 Å². The van der Waals surface area contributed by atoms with Crippen molar-refractivity contribution in [1.82, 2.24) is 25.1 Å². The van der Waals surface area contributed by atoms with Crippen LogP contribution in [0.4, 0.5) is 0 Å². The highest BCUT2D eigenvalue weighted by Crippen LogP contribution is 2.27. The smallest absolute Gasteiger partial charge is 0.270 e. The zero-order valence-corrected chi connectivity index (χ0v) is 18.1. The van der Waals surface area contributed by atoms with Crippen molar-refractivity contribution in [1.29, 1.82) is 0 Å². The molecule has 4 aromatic rings. The Bertz CT molecular complexity index is 1240. The Hall–Kier alpha value is -3.17. The summed E-state index contributed by atoms with van der Waals surface area (Å²) in [6.07, 6.45) is 0. The van der Waals surface area contributed by atoms with Gasteiger partial charge in [0.15, 0.2) is 0 Å². The molecule has 152 valence electrons. The van der Waals surface area contributed by atoms with Crippen molar-refractivity contribution in [2.24, 2.45) is 0 Å². The Morgan fingerprint density at radius 1 is 1.10 bits per heavy atom. The zero-order chi connectivity index (χ0) is 21.1. The summed E-state index contributed by atoms with van der Waals surface area (Å²) in [5.41, 5.74) is 2.72. The summed E-state index contributed by atoms with van der Waals surface area (Å²) in [5, 5.41) is 10.7. The molecular weight excluding hydrogens is 418 g/mol. The number of nitrogens with one attached hydrogen (secondary N) is 1. The minimum Gasteiger partial charge on any atom is -0.349 e. The van der Waals surface area contributed by atoms with E-state index in [1.165, 1.54) is 22.1 Å². The maximum absolute atomic E-state index is 12.4. The normalized spacial score (nSPS) is 10.9. The Kier molecular flexibility index (Phi) is 5.82. The average molecular weight is 438 g/mol. The number of thiazole rings is 2. The third-order valence-corrected chi connectivity index (χ3v) is 6.36. The molecule has 30 heavy (non-hydrogen) atoms. The lowest BCUT2D eigenvalue weighted by Crippen LogP contribution is -2.32. The molecule has 0 unspecified atom stereocenters. The summed E-state index contributed by atoms with van der Waals surface area (Å²) in [5.74, 6) is -0.272. The minimum absolute atomic E-state index is 0.216. The van der Waals surface area contributed by atoms with Crippen LogP contribution in [0.15, 0.2) is 52.6 Å². The van der Waals surface area contributed by atoms with E-state index in [4.69, 9.17) is 0 Å². The van der Waals surface area contributed by atoms with Gasteiger partial charge in [-0.3, -0.25) is 9.59 Å². The lowest BCUT2D eigenvalue weighted by Gasteiger charge is -2.07. The van der Waals surface area contributed by atoms with Gasteiger partial charge in [0.2, 0.25) is 0 Å². The minimum atomic E-state index is -0.272. The van der Waals surface area contributed by atoms with Gasteiger partial charge in [0, 0.05) is 23.6 Å². The van der Waals surface area contributed by atoms with E-state index < -0.39 is 0 Å². The number of rotatable bonds is 6. The van der Waals surface area contributed by atoms with E-state index in [9.17, 15) is 9.59 Å². The van der Waals surface area contributed by atoms with Crippen molar-refractivity contribution in [2.75, 3.05) is 6.54 Å². The summed E-state index contributed by atoms with van der Waals surface area (Å²) in [4.78, 5) is 34.3. The van der Waals surface area contributed by atoms with E-state index >= 15 is 0 Å². The number of hydrogen-bond acceptors (Lipinski definition) is 7. The molecule has 0 aliphatic heterocycles. The van der Waals surface area contributed by atoms with E-state index in [1.54, 1.807) is 22.8 Å². The first-order valence-electron chi connectivity index (χ1n) is 9.33. The van der Waals surface area contributed by atoms with Crippen LogP contribution in [-0.2, 0) is 6.54 Å². The van der Waals surface area contributed by atoms with E-state index in [2.05, 4.69) is 20.4 Å². The first-order valence-corrected chi connectivity index (χ1v) is 11.0. The van der Waals surface area contributed by atoms with Crippen molar-refractivity contribution in [2.45, 2.75) is 20.4 Å². The predicted octanol–water partition coefficient (Wildman–Crippen LogP) is 3.54. The molecule has 0 saturated carbocycles. The molecule has 9 heteroatoms. The summed E-state index contributed by atoms with van der Waals surface area (Å²) < 4.78 is 1.36. The largest absolute Gasteiger partial charge is 0.349 e. The molecule has 0 atom stereocenters. The van der Waals surface area contributed by atoms with Gasteiger partial charge in [0.05, 0.1) is 22.1 Å². The topological polar surface area (TPSA) is 89.8 Å². The summed E-state index contributed by atoms with van der Waals surface area (Å²) in [6.45, 7) is 4.40. The number of aromatic nitrogens is 4. The number of aryl methyl sites for hydroxylation is 2. The highest BCUT2D eigenvalue weighted by Gasteiger charge is 2.13. The van der Waals surface area contributed by atoms with Crippen LogP contribution in [0.2, 0.25) is 0 Å². The summed E-state index contributed by atoms with van der Waals surface area (Å²) in [7, 11) is 0. The van der Waals surface area contributed by atoms with Gasteiger partial charge < -0.3 is 5.32 Å². The lowest BCUT2D eigenvalue weighted by atomic mass is 10.2. The van der Waals surface area contributed by atoms with Crippen LogP contribution < -0.4 is 10.9 Å². The maximum atomic E-state index is 12.4. The standard InChI is InChI=1S/C21H19N5O2S2/c1-13-19(30-14(2)23-13)16-8-9-18(27)26(25-16)11-10-22-20(28)17-12-29-21(24-17)15-6-4-3-5-7-15/h3-9,12H,10-11H2,1-2H3,(H,22,28). The molecule has 1 amide bonds. The first-order chi connectivity index (χ1) is 14.5. The highest BCUT2D eigenvalue weighted by molar-refractivity contribution is 7.15. The van der Waals surface area contributed by atoms with Gasteiger partial charge in [-0.15, -0.1) is 22.7 Å². The summed E-state index contributed by atoms with van der Waals surface area (Å²) in [6, 6.07) is 12.9. The molecule has 4 rings (SSSR count). The fourth-order valence-corrected chi connectivity index (χ4v) is 4.65. The third kappa shape index (κ3) is 4.37. The van der Waals surface area contributed by atoms with Crippen molar-refractivity contribution in [3.8, 4) is 21.1 Å². The van der Waals surface area contributed by atoms with Crippen LogP contribution in [0.5, 0.6) is 0 Å². The molecule has 3 heterocycles. The van der Waals surface area contributed by atoms with Crippen LogP contribution in [0.1, 0.15) is 21.2 Å². The van der Waals surface area contributed by atoms with Gasteiger partial charge in [0.25, 0.3) is 11.5 Å². The quantitative estimate of drug-likeness (QED) is 0.498. The van der Waals surface area contributed by atoms with Crippen molar-refractivity contribution in [3.05, 3.63) is 74.6 Å². The van der Waals surface area contributed by atoms with Crippen molar-refractivity contribution in [3.63, 3.8) is 0 Å². The van der Waals surface area contributed by atoms with E-state index in [0.717, 1.165) is 26.1 Å². The van der Waals surface area contributed by atoms with Crippen LogP contribution in [0.25, 0.3) is 21.1 Å². The molecule has 0 bridgehead atoms. The van der Waals surface area contributed by atoms with Crippen LogP contribution in [-0.4, -0.2) is 32.2 Å². The number of nitrogens with zero attached hydrogens (tertiary/aromatic N) is 4. The van der Waals surface area contributed by atoms with Crippen LogP contribution in [0, 0.1) is 13.8 Å². The molecule has 0 radical (unpaired) electrons. The molecule has 0 fully saturated rings. The molecular formula is C21H19N5O2S2. The molecule has 1 N–H and O–H groups in total. The summed E-state index contributed by atoms with van der Waals surface area (Å²) >= 11 is 2.96. The van der Waals surface area contributed by atoms with E-state index in [0.29, 0.717) is 11.4 Å². The van der Waals surface area contributed by atoms with Gasteiger partial charge in [-0.2, -0.15) is 5.10 Å². The number of carbonyl (C=O) groups is 1. The van der Waals surface area contributed by atoms with E-state index in [1.807, 2.05) is 44.2 Å². The second-order valence-electron chi connectivity index (χ2n) is 6.59. The fourth-order valence-electron chi connectivity index (χ4n) is 2.96. The second kappa shape index (κ2) is 8.68. The number of benzene rings is 1. The van der Waals surface area contributed by atoms with Gasteiger partial charge in [-0.1, -0.05) is 30.3 Å². The molecule has 0 saturated heterocycles. The van der Waals surface area contributed by atoms with E-state index in [-0.39, 0.29) is 24.6 Å². The second-order valence-corrected chi connectivity index (χ2v) is 8.65. The Balaban J connectivity index is 1.41. The number of amides is 1. The molecule has 1 aromatic carbocycles. The Morgan fingerprint density at radius 2 is 1.90 bits per heavy atom. The third-order valence-electron chi connectivity index (χ3n) is 4.37. The zero-order valence-electron chi connectivity index (χ0n) is 16.5. The first kappa shape index (κ1) is 20.1. The van der Waals surface area contributed by atoms with Gasteiger partial charge in [-0.25, -0.2) is 14.6 Å². The Labute approximate surface area is 181 Å². The van der Waals surface area contributed by atoms with Crippen molar-refractivity contribution < 1.29 is 4.79 Å². The van der Waals surface area contributed by atoms with Gasteiger partial charge in [-0.05, 0) is 19.9 Å². The number of hydrogen-bond donors (Lipinski definition) is 1. The lowest BCUT2D eigenvalue weighted by molar-refractivity contribution is 0.0947. The van der Waals surface area contributed by atoms with Crippen LogP contribution >= 0.6 is 22.7 Å². The van der Waals surface area contributed by atoms with Crippen LogP contribution in [0.3, 0.4) is 0 Å². The monoisotopic (exact) mass is 437 g/mol. The number of carbonyl (C=O) groups excluding carboxylic acids is 1. The predicted molar refractivity (Wildman–Crippen MR) is 119 cm³/mol. The maximum Gasteiger partial charge on any atom is 0.270 e. The van der Waals surface area contributed by atoms with Crippen molar-refractivity contribution >= 4 is 28.6 Å². The van der Waals surface area contributed by atoms with Gasteiger partial charge >= 0.3 is 0 Å². The molecule has 0 aliphatic carbocycles. The Morgan fingerprint density at radius 3 is 2.63 bits per heavy atom. The fraction of sp³-hybridized carbons (Fsp3) is 0.190. The highest BCUT2D eigenvalue weighted by atomic mass is 32.1. The molecule has 0 spiro atoms. The molecule has 7 nitrogen and oxygen atoms in total.